The number of nitrogens with zero attached hydrogens (tertiary/aromatic N) is 2. The fraction of sp³-hybridized carbons (Fsp3) is 0.846. The van der Waals surface area contributed by atoms with Crippen molar-refractivity contribution < 1.29 is 9.53 Å². The second-order valence-electron chi connectivity index (χ2n) is 6.22. The molecule has 5 heteroatoms. The Morgan fingerprint density at radius 1 is 1.44 bits per heavy atom. The maximum absolute atomic E-state index is 12.2. The maximum atomic E-state index is 12.2. The first-order chi connectivity index (χ1) is 8.35. The van der Waals surface area contributed by atoms with Crippen molar-refractivity contribution in [2.45, 2.75) is 45.6 Å². The highest BCUT2D eigenvalue weighted by molar-refractivity contribution is 8.13. The highest BCUT2D eigenvalue weighted by atomic mass is 32.2. The second kappa shape index (κ2) is 4.76. The molecule has 1 aliphatic carbocycles. The number of carbonyl (C=O) groups excluding carboxylic acids is 1. The molecule has 0 atom stereocenters. The third-order valence-corrected chi connectivity index (χ3v) is 4.20. The summed E-state index contributed by atoms with van der Waals surface area (Å²) in [6, 6.07) is 0. The standard InChI is InChI=1S/C13H22N2O2S/c1-12(2,3)17-11(16)15-9-13(6-5-7-13)8-14-10(15)18-4/h5-9H2,1-4H3. The van der Waals surface area contributed by atoms with Crippen LogP contribution in [0.3, 0.4) is 0 Å². The van der Waals surface area contributed by atoms with Crippen molar-refractivity contribution in [1.82, 2.24) is 4.90 Å². The Morgan fingerprint density at radius 3 is 2.56 bits per heavy atom. The number of aliphatic imine (C=N–C) groups is 1. The molecule has 0 bridgehead atoms. The van der Waals surface area contributed by atoms with E-state index in [4.69, 9.17) is 4.74 Å². The molecule has 2 aliphatic rings. The quantitative estimate of drug-likeness (QED) is 0.679. The fourth-order valence-electron chi connectivity index (χ4n) is 2.40. The molecule has 4 nitrogen and oxygen atoms in total. The monoisotopic (exact) mass is 270 g/mol. The van der Waals surface area contributed by atoms with E-state index in [1.807, 2.05) is 27.0 Å². The van der Waals surface area contributed by atoms with Crippen LogP contribution in [0.2, 0.25) is 0 Å². The van der Waals surface area contributed by atoms with E-state index >= 15 is 0 Å². The summed E-state index contributed by atoms with van der Waals surface area (Å²) in [5, 5.41) is 0.793. The van der Waals surface area contributed by atoms with Gasteiger partial charge in [0, 0.05) is 18.5 Å². The molecule has 0 aromatic heterocycles. The van der Waals surface area contributed by atoms with Crippen LogP contribution in [0.25, 0.3) is 0 Å². The van der Waals surface area contributed by atoms with Crippen LogP contribution in [0.15, 0.2) is 4.99 Å². The number of ether oxygens (including phenoxy) is 1. The summed E-state index contributed by atoms with van der Waals surface area (Å²) in [5.74, 6) is 0. The van der Waals surface area contributed by atoms with E-state index in [2.05, 4.69) is 4.99 Å². The molecule has 1 amide bonds. The van der Waals surface area contributed by atoms with Crippen molar-refractivity contribution in [2.24, 2.45) is 10.4 Å². The van der Waals surface area contributed by atoms with Gasteiger partial charge in [-0.05, 0) is 39.9 Å². The zero-order valence-electron chi connectivity index (χ0n) is 11.7. The van der Waals surface area contributed by atoms with Crippen molar-refractivity contribution in [3.63, 3.8) is 0 Å². The van der Waals surface area contributed by atoms with Crippen LogP contribution in [0.5, 0.6) is 0 Å². The van der Waals surface area contributed by atoms with Gasteiger partial charge in [-0.1, -0.05) is 18.2 Å². The van der Waals surface area contributed by atoms with Gasteiger partial charge in [0.05, 0.1) is 0 Å². The zero-order valence-corrected chi connectivity index (χ0v) is 12.5. The van der Waals surface area contributed by atoms with Crippen LogP contribution in [-0.4, -0.2) is 41.1 Å². The summed E-state index contributed by atoms with van der Waals surface area (Å²) in [4.78, 5) is 18.5. The van der Waals surface area contributed by atoms with E-state index in [1.165, 1.54) is 31.0 Å². The second-order valence-corrected chi connectivity index (χ2v) is 7.00. The van der Waals surface area contributed by atoms with Crippen molar-refractivity contribution in [2.75, 3.05) is 19.3 Å². The lowest BCUT2D eigenvalue weighted by atomic mass is 9.68. The average Bonchev–Trinajstić information content (AvgIpc) is 2.23. The van der Waals surface area contributed by atoms with Crippen LogP contribution in [0, 0.1) is 5.41 Å². The molecule has 0 aromatic rings. The van der Waals surface area contributed by atoms with Crippen LogP contribution < -0.4 is 0 Å². The molecule has 18 heavy (non-hydrogen) atoms. The average molecular weight is 270 g/mol. The summed E-state index contributed by atoms with van der Waals surface area (Å²) in [5.41, 5.74) is -0.221. The van der Waals surface area contributed by atoms with Crippen LogP contribution in [-0.2, 0) is 4.74 Å². The molecule has 0 aromatic carbocycles. The highest BCUT2D eigenvalue weighted by Crippen LogP contribution is 2.44. The Morgan fingerprint density at radius 2 is 2.11 bits per heavy atom. The summed E-state index contributed by atoms with van der Waals surface area (Å²) in [6.07, 6.45) is 5.30. The van der Waals surface area contributed by atoms with E-state index in [-0.39, 0.29) is 11.5 Å². The molecule has 1 saturated carbocycles. The van der Waals surface area contributed by atoms with Crippen LogP contribution in [0.1, 0.15) is 40.0 Å². The molecule has 1 aliphatic heterocycles. The smallest absolute Gasteiger partial charge is 0.416 e. The molecule has 0 N–H and O–H groups in total. The summed E-state index contributed by atoms with van der Waals surface area (Å²) in [6.45, 7) is 7.31. The van der Waals surface area contributed by atoms with Crippen LogP contribution in [0.4, 0.5) is 4.79 Å². The Balaban J connectivity index is 2.11. The van der Waals surface area contributed by atoms with E-state index < -0.39 is 5.60 Å². The fourth-order valence-corrected chi connectivity index (χ4v) is 2.95. The lowest BCUT2D eigenvalue weighted by molar-refractivity contribution is 0.0204. The number of rotatable bonds is 0. The van der Waals surface area contributed by atoms with Gasteiger partial charge >= 0.3 is 6.09 Å². The van der Waals surface area contributed by atoms with Crippen molar-refractivity contribution in [3.05, 3.63) is 0 Å². The lowest BCUT2D eigenvalue weighted by Gasteiger charge is -2.46. The van der Waals surface area contributed by atoms with Gasteiger partial charge in [-0.15, -0.1) is 0 Å². The number of amides is 1. The van der Waals surface area contributed by atoms with Crippen molar-refractivity contribution >= 4 is 23.0 Å². The summed E-state index contributed by atoms with van der Waals surface area (Å²) < 4.78 is 5.46. The molecule has 0 unspecified atom stereocenters. The third kappa shape index (κ3) is 2.82. The number of carbonyl (C=O) groups is 1. The molecule has 1 heterocycles. The Hall–Kier alpha value is -0.710. The van der Waals surface area contributed by atoms with Crippen molar-refractivity contribution in [1.29, 1.82) is 0 Å². The lowest BCUT2D eigenvalue weighted by Crippen LogP contribution is -2.52. The topological polar surface area (TPSA) is 41.9 Å². The SMILES string of the molecule is CSC1=NCC2(CCC2)CN1C(=O)OC(C)(C)C. The minimum Gasteiger partial charge on any atom is -0.443 e. The first kappa shape index (κ1) is 13.7. The van der Waals surface area contributed by atoms with Crippen molar-refractivity contribution in [3.8, 4) is 0 Å². The minimum absolute atomic E-state index is 0.232. The number of hydrogen-bond donors (Lipinski definition) is 0. The first-order valence-electron chi connectivity index (χ1n) is 6.44. The van der Waals surface area contributed by atoms with Gasteiger partial charge in [-0.2, -0.15) is 0 Å². The molecule has 2 rings (SSSR count). The number of hydrogen-bond acceptors (Lipinski definition) is 4. The van der Waals surface area contributed by atoms with Gasteiger partial charge in [0.25, 0.3) is 0 Å². The van der Waals surface area contributed by atoms with Gasteiger partial charge < -0.3 is 4.74 Å². The normalized spacial score (nSPS) is 22.4. The van der Waals surface area contributed by atoms with E-state index in [0.717, 1.165) is 18.3 Å². The van der Waals surface area contributed by atoms with Gasteiger partial charge in [-0.3, -0.25) is 9.89 Å². The van der Waals surface area contributed by atoms with E-state index in [9.17, 15) is 4.79 Å². The van der Waals surface area contributed by atoms with Gasteiger partial charge in [0.2, 0.25) is 0 Å². The molecule has 1 fully saturated rings. The van der Waals surface area contributed by atoms with Gasteiger partial charge in [0.15, 0.2) is 5.17 Å². The minimum atomic E-state index is -0.454. The summed E-state index contributed by atoms with van der Waals surface area (Å²) >= 11 is 1.52. The largest absolute Gasteiger partial charge is 0.443 e. The number of amidine groups is 1. The molecular formula is C13H22N2O2S. The summed E-state index contributed by atoms with van der Waals surface area (Å²) in [7, 11) is 0. The zero-order chi connectivity index (χ0) is 13.4. The predicted octanol–water partition coefficient (Wildman–Crippen LogP) is 3.13. The van der Waals surface area contributed by atoms with Crippen LogP contribution >= 0.6 is 11.8 Å². The van der Waals surface area contributed by atoms with E-state index in [1.54, 1.807) is 4.90 Å². The Labute approximate surface area is 113 Å². The molecular weight excluding hydrogens is 248 g/mol. The third-order valence-electron chi connectivity index (χ3n) is 3.48. The van der Waals surface area contributed by atoms with E-state index in [0.29, 0.717) is 0 Å². The predicted molar refractivity (Wildman–Crippen MR) is 75.0 cm³/mol. The maximum Gasteiger partial charge on any atom is 0.416 e. The molecule has 1 spiro atoms. The number of thioether (sulfide) groups is 1. The Bertz CT molecular complexity index is 370. The van der Waals surface area contributed by atoms with Gasteiger partial charge in [-0.25, -0.2) is 4.79 Å². The first-order valence-corrected chi connectivity index (χ1v) is 7.67. The molecule has 102 valence electrons. The Kier molecular flexibility index (Phi) is 3.63. The highest BCUT2D eigenvalue weighted by Gasteiger charge is 2.44. The molecule has 0 radical (unpaired) electrons. The molecule has 0 saturated heterocycles. The van der Waals surface area contributed by atoms with Gasteiger partial charge in [0.1, 0.15) is 5.60 Å².